The number of carboxylic acids is 1. The van der Waals surface area contributed by atoms with Crippen molar-refractivity contribution in [3.05, 3.63) is 0 Å². The third-order valence-electron chi connectivity index (χ3n) is 17.0. The first-order chi connectivity index (χ1) is 50.3. The zero-order chi connectivity index (χ0) is 79.1. The highest BCUT2D eigenvalue weighted by Gasteiger charge is 2.37. The first-order valence-electron chi connectivity index (χ1n) is 37.0. The molecular formula is C65H132N26O14. The zero-order valence-electron chi connectivity index (χ0n) is 61.4. The minimum absolute atomic E-state index is 0.0112. The Kier molecular flexibility index (Phi) is 55.4. The molecule has 0 aliphatic carbocycles. The topological polar surface area (TPSA) is 751 Å². The molecule has 0 aliphatic rings. The summed E-state index contributed by atoms with van der Waals surface area (Å²) in [6.45, 7) is 1.42. The van der Waals surface area contributed by atoms with Gasteiger partial charge in [-0.3, -0.25) is 57.5 Å². The second kappa shape index (κ2) is 59.7. The maximum Gasteiger partial charge on any atom is 0.326 e. The Hall–Kier alpha value is -7.45. The summed E-state index contributed by atoms with van der Waals surface area (Å²) in [5.74, 6) is -11.0. The van der Waals surface area contributed by atoms with Gasteiger partial charge in [0.1, 0.15) is 72.5 Å². The van der Waals surface area contributed by atoms with E-state index in [-0.39, 0.29) is 233 Å². The molecule has 0 rings (SSSR count). The normalized spacial score (nSPS) is 15.0. The average Bonchev–Trinajstić information content (AvgIpc) is 0.866. The summed E-state index contributed by atoms with van der Waals surface area (Å²) in [7, 11) is 0. The lowest BCUT2D eigenvalue weighted by molar-refractivity contribution is -0.142. The van der Waals surface area contributed by atoms with Crippen molar-refractivity contribution in [2.24, 2.45) is 80.3 Å². The Labute approximate surface area is 616 Å². The Balaban J connectivity index is 7.00. The molecule has 40 nitrogen and oxygen atoms in total. The highest BCUT2D eigenvalue weighted by molar-refractivity contribution is 5.99. The number of hydrogen-bond acceptors (Lipinski definition) is 27. The van der Waals surface area contributed by atoms with Gasteiger partial charge in [-0.15, -0.1) is 0 Å². The molecule has 0 aromatic carbocycles. The lowest BCUT2D eigenvalue weighted by Gasteiger charge is -2.29. The predicted octanol–water partition coefficient (Wildman–Crippen LogP) is -10.2. The van der Waals surface area contributed by atoms with Crippen LogP contribution in [0.3, 0.4) is 0 Å². The number of carbonyl (C=O) groups excluding carboxylic acids is 12. The van der Waals surface area contributed by atoms with Crippen LogP contribution in [-0.4, -0.2) is 246 Å². The third kappa shape index (κ3) is 41.3. The second-order valence-corrected chi connectivity index (χ2v) is 25.8. The third-order valence-corrected chi connectivity index (χ3v) is 17.0. The molecule has 40 heteroatoms. The van der Waals surface area contributed by atoms with E-state index in [2.05, 4.69) is 63.8 Å². The van der Waals surface area contributed by atoms with Crippen molar-refractivity contribution in [3.63, 3.8) is 0 Å². The van der Waals surface area contributed by atoms with E-state index in [9.17, 15) is 67.4 Å². The van der Waals surface area contributed by atoms with E-state index in [1.54, 1.807) is 0 Å². The number of nitrogens with two attached hydrogens (primary N) is 14. The van der Waals surface area contributed by atoms with Crippen LogP contribution >= 0.6 is 0 Å². The molecule has 41 N–H and O–H groups in total. The number of nitrogens with one attached hydrogen (secondary N) is 12. The molecule has 0 unspecified atom stereocenters. The highest BCUT2D eigenvalue weighted by atomic mass is 16.4. The second-order valence-electron chi connectivity index (χ2n) is 25.8. The lowest BCUT2D eigenvalue weighted by Crippen LogP contribution is -2.61. The fourth-order valence-electron chi connectivity index (χ4n) is 10.8. The molecule has 606 valence electrons. The van der Waals surface area contributed by atoms with Gasteiger partial charge in [-0.25, -0.2) is 4.79 Å². The van der Waals surface area contributed by atoms with Crippen LogP contribution in [0.5, 0.6) is 0 Å². The molecule has 0 bridgehead atoms. The summed E-state index contributed by atoms with van der Waals surface area (Å²) in [5.41, 5.74) is 81.5. The van der Waals surface area contributed by atoms with Crippen LogP contribution in [0.4, 0.5) is 0 Å². The first-order valence-corrected chi connectivity index (χ1v) is 37.0. The summed E-state index contributed by atoms with van der Waals surface area (Å²) in [6.07, 6.45) is 3.02. The minimum atomic E-state index is -1.40. The summed E-state index contributed by atoms with van der Waals surface area (Å²) >= 11 is 0. The highest BCUT2D eigenvalue weighted by Crippen LogP contribution is 2.13. The quantitative estimate of drug-likeness (QED) is 0.0269. The van der Waals surface area contributed by atoms with E-state index in [1.807, 2.05) is 0 Å². The number of carbonyl (C=O) groups is 13. The van der Waals surface area contributed by atoms with Gasteiger partial charge >= 0.3 is 5.97 Å². The molecule has 12 amide bonds. The van der Waals surface area contributed by atoms with E-state index in [0.717, 1.165) is 0 Å². The van der Waals surface area contributed by atoms with Gasteiger partial charge in [0.2, 0.25) is 70.9 Å². The fraction of sp³-hybridized carbons (Fsp3) is 0.800. The number of carboxylic acid groups (broad SMARTS) is 1. The van der Waals surface area contributed by atoms with E-state index < -0.39 is 155 Å². The molecule has 0 heterocycles. The number of hydrogen-bond donors (Lipinski definition) is 27. The summed E-state index contributed by atoms with van der Waals surface area (Å²) < 4.78 is 0. The van der Waals surface area contributed by atoms with E-state index in [1.165, 1.54) is 0 Å². The predicted molar refractivity (Wildman–Crippen MR) is 397 cm³/mol. The number of amides is 12. The number of rotatable bonds is 64. The van der Waals surface area contributed by atoms with Crippen LogP contribution in [0.15, 0.2) is 0 Å². The SMILES string of the molecule is NCCC[C@H](NC(=O)[C@H](CCCN)NC(=O)[C@H](CCCN)NC(=O)[C@H](CCCN)NC(=O)[C@H](CCCN)NC(=O)[C@H](CCCN)NC(=O)[C@H](CCCN)NC(=O)[C@H](CCCN)NC(=O)[C@H](CCCN)NC(=O)[C@H](CCCN)NC(=O)[C@H](CCCN)NC(=O)[C@H](CCCN)NC(=O)[C@@H](N)CCCN)C(=O)O. The molecule has 0 spiro atoms. The maximum absolute atomic E-state index is 14.5. The average molecular weight is 1500 g/mol. The molecule has 13 atom stereocenters. The molecule has 0 fully saturated rings. The Morgan fingerprint density at radius 1 is 0.181 bits per heavy atom. The minimum Gasteiger partial charge on any atom is -0.480 e. The Morgan fingerprint density at radius 2 is 0.286 bits per heavy atom. The molecule has 0 radical (unpaired) electrons. The number of aliphatic carboxylic acids is 1. The van der Waals surface area contributed by atoms with Crippen molar-refractivity contribution < 1.29 is 67.4 Å². The summed E-state index contributed by atoms with van der Waals surface area (Å²) in [5, 5.41) is 41.5. The van der Waals surface area contributed by atoms with Crippen molar-refractivity contribution in [2.45, 2.75) is 245 Å². The Morgan fingerprint density at radius 3 is 0.410 bits per heavy atom. The van der Waals surface area contributed by atoms with Crippen molar-refractivity contribution in [1.29, 1.82) is 0 Å². The molecule has 105 heavy (non-hydrogen) atoms. The van der Waals surface area contributed by atoms with Gasteiger partial charge in [0, 0.05) is 0 Å². The van der Waals surface area contributed by atoms with Crippen LogP contribution in [0.2, 0.25) is 0 Å². The van der Waals surface area contributed by atoms with Crippen molar-refractivity contribution in [2.75, 3.05) is 85.1 Å². The maximum atomic E-state index is 14.5. The summed E-state index contributed by atoms with van der Waals surface area (Å²) in [4.78, 5) is 181. The van der Waals surface area contributed by atoms with Gasteiger partial charge in [0.25, 0.3) is 0 Å². The lowest BCUT2D eigenvalue weighted by atomic mass is 10.0. The van der Waals surface area contributed by atoms with Crippen molar-refractivity contribution >= 4 is 76.9 Å². The van der Waals surface area contributed by atoms with Crippen LogP contribution in [-0.2, 0) is 62.3 Å². The monoisotopic (exact) mass is 1500 g/mol. The van der Waals surface area contributed by atoms with Gasteiger partial charge in [0.05, 0.1) is 6.04 Å². The van der Waals surface area contributed by atoms with Crippen LogP contribution in [0, 0.1) is 0 Å². The fourth-order valence-corrected chi connectivity index (χ4v) is 10.8. The molecule has 0 aliphatic heterocycles. The van der Waals surface area contributed by atoms with Crippen LogP contribution in [0.1, 0.15) is 167 Å². The van der Waals surface area contributed by atoms with Gasteiger partial charge in [-0.2, -0.15) is 0 Å². The zero-order valence-corrected chi connectivity index (χ0v) is 61.4. The van der Waals surface area contributed by atoms with E-state index in [4.69, 9.17) is 80.3 Å². The molecule has 0 saturated carbocycles. The van der Waals surface area contributed by atoms with E-state index in [0.29, 0.717) is 19.4 Å². The van der Waals surface area contributed by atoms with Crippen molar-refractivity contribution in [1.82, 2.24) is 63.8 Å². The van der Waals surface area contributed by atoms with Crippen LogP contribution < -0.4 is 144 Å². The van der Waals surface area contributed by atoms with Gasteiger partial charge < -0.3 is 149 Å². The van der Waals surface area contributed by atoms with Gasteiger partial charge in [-0.05, 0) is 252 Å². The van der Waals surface area contributed by atoms with Crippen LogP contribution in [0.25, 0.3) is 0 Å². The molecular weight excluding hydrogens is 1370 g/mol. The Bertz CT molecular complexity index is 2570. The van der Waals surface area contributed by atoms with Gasteiger partial charge in [-0.1, -0.05) is 0 Å². The molecule has 0 aromatic heterocycles. The largest absolute Gasteiger partial charge is 0.480 e. The van der Waals surface area contributed by atoms with Crippen molar-refractivity contribution in [3.8, 4) is 0 Å². The summed E-state index contributed by atoms with van der Waals surface area (Å²) in [6, 6.07) is -16.9. The molecule has 0 saturated heterocycles. The smallest absolute Gasteiger partial charge is 0.326 e. The molecule has 0 aromatic rings. The standard InChI is InChI=1S/C65H132N26O14/c66-27-1-14-40(79)53(92)80-41(15-2-28-67)54(93)81-42(16-3-29-68)55(94)82-43(17-4-30-69)56(95)83-44(18-5-31-70)57(96)84-45(19-6-32-71)58(97)85-46(20-7-33-72)59(98)86-47(21-8-34-73)60(99)87-48(22-9-35-74)61(100)88-49(23-10-36-75)62(101)89-50(24-11-37-76)63(102)90-51(25-12-38-77)64(103)91-52(65(104)105)26-13-39-78/h40-52H,1-39,66-79H2,(H,80,92)(H,81,93)(H,82,94)(H,83,95)(H,84,96)(H,85,97)(H,86,98)(H,87,99)(H,88,100)(H,89,101)(H,90,102)(H,91,103)(H,104,105)/t40-,41-,42-,43-,44-,45-,46-,47-,48-,49-,50-,51-,52-/m0/s1. The van der Waals surface area contributed by atoms with Gasteiger partial charge in [0.15, 0.2) is 0 Å². The van der Waals surface area contributed by atoms with E-state index >= 15 is 0 Å². The first kappa shape index (κ1) is 97.5.